The van der Waals surface area contributed by atoms with Gasteiger partial charge in [-0.25, -0.2) is 4.79 Å². The van der Waals surface area contributed by atoms with Gasteiger partial charge in [-0.1, -0.05) is 0 Å². The SMILES string of the molecule is CO[Si](CCCCC(=C=S)C(=O)O)(OC)OC. The molecule has 0 unspecified atom stereocenters. The predicted molar refractivity (Wildman–Crippen MR) is 69.2 cm³/mol. The summed E-state index contributed by atoms with van der Waals surface area (Å²) in [6.07, 6.45) is 1.85. The van der Waals surface area contributed by atoms with Crippen molar-refractivity contribution < 1.29 is 23.2 Å². The van der Waals surface area contributed by atoms with Gasteiger partial charge >= 0.3 is 14.8 Å². The first-order valence-electron chi connectivity index (χ1n) is 5.18. The highest BCUT2D eigenvalue weighted by Gasteiger charge is 2.36. The Morgan fingerprint density at radius 3 is 2.12 bits per heavy atom. The summed E-state index contributed by atoms with van der Waals surface area (Å²) in [5, 5.41) is 11.0. The molecule has 0 spiro atoms. The van der Waals surface area contributed by atoms with Gasteiger partial charge in [-0.05, 0) is 36.5 Å². The molecule has 0 fully saturated rings. The molecule has 98 valence electrons. The number of carboxylic acids is 1. The third-order valence-electron chi connectivity index (χ3n) is 2.47. The molecule has 0 aliphatic rings. The van der Waals surface area contributed by atoms with E-state index >= 15 is 0 Å². The number of unbranched alkanes of at least 4 members (excludes halogenated alkanes) is 1. The summed E-state index contributed by atoms with van der Waals surface area (Å²) in [7, 11) is 2.13. The number of carbonyl (C=O) groups is 1. The van der Waals surface area contributed by atoms with Gasteiger partial charge in [0.2, 0.25) is 0 Å². The molecule has 0 bridgehead atoms. The van der Waals surface area contributed by atoms with Crippen LogP contribution in [0.1, 0.15) is 19.3 Å². The first kappa shape index (κ1) is 16.4. The van der Waals surface area contributed by atoms with Gasteiger partial charge in [0.15, 0.2) is 0 Å². The molecule has 5 nitrogen and oxygen atoms in total. The second-order valence-electron chi connectivity index (χ2n) is 3.39. The van der Waals surface area contributed by atoms with Crippen LogP contribution in [0.3, 0.4) is 0 Å². The van der Waals surface area contributed by atoms with Gasteiger partial charge in [0, 0.05) is 27.4 Å². The average Bonchev–Trinajstić information content (AvgIpc) is 2.34. The number of hydrogen-bond acceptors (Lipinski definition) is 5. The zero-order chi connectivity index (χ0) is 13.3. The van der Waals surface area contributed by atoms with E-state index in [4.69, 9.17) is 18.4 Å². The van der Waals surface area contributed by atoms with Gasteiger partial charge < -0.3 is 18.4 Å². The number of rotatable bonds is 9. The van der Waals surface area contributed by atoms with Crippen LogP contribution in [0.4, 0.5) is 0 Å². The van der Waals surface area contributed by atoms with Crippen molar-refractivity contribution in [2.24, 2.45) is 0 Å². The molecule has 0 saturated heterocycles. The van der Waals surface area contributed by atoms with Crippen LogP contribution in [0.2, 0.25) is 6.04 Å². The smallest absolute Gasteiger partial charge is 0.477 e. The minimum absolute atomic E-state index is 0.138. The molecule has 0 heterocycles. The highest BCUT2D eigenvalue weighted by atomic mass is 32.1. The van der Waals surface area contributed by atoms with Crippen molar-refractivity contribution in [2.75, 3.05) is 21.3 Å². The van der Waals surface area contributed by atoms with Crippen molar-refractivity contribution in [3.63, 3.8) is 0 Å². The summed E-state index contributed by atoms with van der Waals surface area (Å²) >= 11 is 4.51. The lowest BCUT2D eigenvalue weighted by molar-refractivity contribution is -0.132. The van der Waals surface area contributed by atoms with Gasteiger partial charge in [0.25, 0.3) is 0 Å². The van der Waals surface area contributed by atoms with Crippen LogP contribution in [-0.2, 0) is 18.1 Å². The van der Waals surface area contributed by atoms with E-state index in [1.807, 2.05) is 0 Å². The fourth-order valence-electron chi connectivity index (χ4n) is 1.40. The average molecular weight is 278 g/mol. The molecular formula is C10H18O5SSi. The maximum absolute atomic E-state index is 10.7. The van der Waals surface area contributed by atoms with Crippen LogP contribution in [0.15, 0.2) is 5.57 Å². The molecule has 0 aliphatic carbocycles. The zero-order valence-electron chi connectivity index (χ0n) is 10.3. The fourth-order valence-corrected chi connectivity index (χ4v) is 3.39. The van der Waals surface area contributed by atoms with Crippen molar-refractivity contribution >= 4 is 32.0 Å². The molecule has 17 heavy (non-hydrogen) atoms. The molecule has 0 aliphatic heterocycles. The van der Waals surface area contributed by atoms with Gasteiger partial charge in [-0.15, -0.1) is 0 Å². The summed E-state index contributed by atoms with van der Waals surface area (Å²) in [6.45, 7) is 0. The zero-order valence-corrected chi connectivity index (χ0v) is 12.1. The Bertz CT molecular complexity index is 289. The summed E-state index contributed by atoms with van der Waals surface area (Å²) in [5.74, 6) is -1.01. The van der Waals surface area contributed by atoms with E-state index in [0.717, 1.165) is 6.42 Å². The first-order valence-corrected chi connectivity index (χ1v) is 7.52. The lowest BCUT2D eigenvalue weighted by Crippen LogP contribution is -2.42. The second-order valence-corrected chi connectivity index (χ2v) is 6.68. The van der Waals surface area contributed by atoms with E-state index in [2.05, 4.69) is 17.2 Å². The third kappa shape index (κ3) is 5.54. The van der Waals surface area contributed by atoms with E-state index in [0.29, 0.717) is 18.9 Å². The monoisotopic (exact) mass is 278 g/mol. The second kappa shape index (κ2) is 8.52. The lowest BCUT2D eigenvalue weighted by Gasteiger charge is -2.24. The van der Waals surface area contributed by atoms with E-state index in [-0.39, 0.29) is 5.57 Å². The normalized spacial score (nSPS) is 11.0. The quantitative estimate of drug-likeness (QED) is 0.299. The lowest BCUT2D eigenvalue weighted by atomic mass is 10.1. The van der Waals surface area contributed by atoms with Gasteiger partial charge in [-0.3, -0.25) is 0 Å². The topological polar surface area (TPSA) is 65.0 Å². The van der Waals surface area contributed by atoms with Crippen molar-refractivity contribution in [2.45, 2.75) is 25.3 Å². The highest BCUT2D eigenvalue weighted by Crippen LogP contribution is 2.18. The Hall–Kier alpha value is -0.563. The van der Waals surface area contributed by atoms with Crippen LogP contribution >= 0.6 is 12.2 Å². The number of hydrogen-bond donors (Lipinski definition) is 1. The molecule has 0 aromatic rings. The van der Waals surface area contributed by atoms with Crippen molar-refractivity contribution in [1.29, 1.82) is 0 Å². The molecular weight excluding hydrogens is 260 g/mol. The molecule has 1 N–H and O–H groups in total. The standard InChI is InChI=1S/C10H18O5SSi/c1-13-17(14-2,15-3)7-5-4-6-9(8-16)10(11)12/h4-7H2,1-3H3,(H,11,12). The van der Waals surface area contributed by atoms with E-state index < -0.39 is 14.8 Å². The molecule has 0 rings (SSSR count). The van der Waals surface area contributed by atoms with Gasteiger partial charge in [0.1, 0.15) is 0 Å². The van der Waals surface area contributed by atoms with Crippen LogP contribution in [0, 0.1) is 0 Å². The van der Waals surface area contributed by atoms with Crippen LogP contribution < -0.4 is 0 Å². The minimum Gasteiger partial charge on any atom is -0.477 e. The maximum atomic E-state index is 10.7. The number of thiocarbonyl (C=S) groups is 1. The molecule has 0 atom stereocenters. The Morgan fingerprint density at radius 2 is 1.76 bits per heavy atom. The molecule has 7 heteroatoms. The Morgan fingerprint density at radius 1 is 1.24 bits per heavy atom. The third-order valence-corrected chi connectivity index (χ3v) is 5.55. The van der Waals surface area contributed by atoms with Gasteiger partial charge in [0.05, 0.1) is 5.57 Å². The molecule has 0 aromatic heterocycles. The van der Waals surface area contributed by atoms with Crippen molar-refractivity contribution in [3.05, 3.63) is 5.57 Å². The summed E-state index contributed by atoms with van der Waals surface area (Å²) in [5.41, 5.74) is 0.138. The fraction of sp³-hybridized carbons (Fsp3) is 0.700. The number of carboxylic acid groups (broad SMARTS) is 1. The van der Waals surface area contributed by atoms with Crippen LogP contribution in [0.25, 0.3) is 0 Å². The molecule has 0 aromatic carbocycles. The molecule has 0 amide bonds. The van der Waals surface area contributed by atoms with Gasteiger partial charge in [-0.2, -0.15) is 0 Å². The number of aliphatic carboxylic acids is 1. The first-order chi connectivity index (χ1) is 8.05. The van der Waals surface area contributed by atoms with Crippen LogP contribution in [0.5, 0.6) is 0 Å². The van der Waals surface area contributed by atoms with E-state index in [1.54, 1.807) is 21.3 Å². The Kier molecular flexibility index (Phi) is 8.23. The molecule has 0 saturated carbocycles. The summed E-state index contributed by atoms with van der Waals surface area (Å²) in [4.78, 5) is 10.7. The van der Waals surface area contributed by atoms with Crippen molar-refractivity contribution in [3.8, 4) is 0 Å². The Balaban J connectivity index is 4.07. The maximum Gasteiger partial charge on any atom is 0.500 e. The molecule has 0 radical (unpaired) electrons. The summed E-state index contributed by atoms with van der Waals surface area (Å²) < 4.78 is 15.8. The highest BCUT2D eigenvalue weighted by molar-refractivity contribution is 7.78. The van der Waals surface area contributed by atoms with Crippen molar-refractivity contribution in [1.82, 2.24) is 0 Å². The largest absolute Gasteiger partial charge is 0.500 e. The summed E-state index contributed by atoms with van der Waals surface area (Å²) in [6, 6.07) is 0.654. The van der Waals surface area contributed by atoms with Crippen LogP contribution in [-0.4, -0.2) is 46.2 Å². The Labute approximate surface area is 108 Å². The minimum atomic E-state index is -2.53. The van der Waals surface area contributed by atoms with E-state index in [1.165, 1.54) is 0 Å². The van der Waals surface area contributed by atoms with E-state index in [9.17, 15) is 4.79 Å². The predicted octanol–water partition coefficient (Wildman–Crippen LogP) is 1.64.